The SMILES string of the molecule is CN(C(=O)c1cc2c(s1)-c1ccccc1OCC2)c1ccc(C(=O)N2CCNCC2)cc1Cl. The number of piperazine rings is 1. The second-order valence-electron chi connectivity index (χ2n) is 8.13. The molecule has 3 heterocycles. The number of nitrogens with one attached hydrogen (secondary N) is 1. The van der Waals surface area contributed by atoms with Gasteiger partial charge < -0.3 is 19.9 Å². The first-order valence-corrected chi connectivity index (χ1v) is 12.1. The number of anilines is 1. The average molecular weight is 482 g/mol. The van der Waals surface area contributed by atoms with Crippen LogP contribution in [0.3, 0.4) is 0 Å². The molecule has 2 aliphatic rings. The Labute approximate surface area is 201 Å². The maximum absolute atomic E-state index is 13.3. The molecule has 1 saturated heterocycles. The molecule has 2 aromatic carbocycles. The topological polar surface area (TPSA) is 61.9 Å². The van der Waals surface area contributed by atoms with Gasteiger partial charge in [-0.1, -0.05) is 23.7 Å². The van der Waals surface area contributed by atoms with Gasteiger partial charge in [0.05, 0.1) is 22.2 Å². The van der Waals surface area contributed by atoms with Crippen molar-refractivity contribution in [2.45, 2.75) is 6.42 Å². The minimum Gasteiger partial charge on any atom is -0.493 e. The molecule has 1 N–H and O–H groups in total. The highest BCUT2D eigenvalue weighted by molar-refractivity contribution is 7.17. The van der Waals surface area contributed by atoms with E-state index in [1.54, 1.807) is 30.1 Å². The van der Waals surface area contributed by atoms with Gasteiger partial charge in [0.25, 0.3) is 11.8 Å². The van der Waals surface area contributed by atoms with Crippen LogP contribution in [0.25, 0.3) is 10.4 Å². The standard InChI is InChI=1S/C25H24ClN3O3S/c1-28(20-7-6-17(14-19(20)26)24(30)29-11-9-27-10-12-29)25(31)22-15-16-8-13-32-21-5-3-2-4-18(21)23(16)33-22/h2-7,14-15,27H,8-13H2,1H3. The second kappa shape index (κ2) is 9.17. The first-order chi connectivity index (χ1) is 16.0. The predicted octanol–water partition coefficient (Wildman–Crippen LogP) is 4.33. The molecule has 2 aliphatic heterocycles. The number of para-hydroxylation sites is 1. The Bertz CT molecular complexity index is 1220. The second-order valence-corrected chi connectivity index (χ2v) is 9.59. The van der Waals surface area contributed by atoms with Gasteiger partial charge in [-0.25, -0.2) is 0 Å². The van der Waals surface area contributed by atoms with Crippen molar-refractivity contribution >= 4 is 40.4 Å². The van der Waals surface area contributed by atoms with Crippen molar-refractivity contribution in [3.63, 3.8) is 0 Å². The fraction of sp³-hybridized carbons (Fsp3) is 0.280. The van der Waals surface area contributed by atoms with E-state index in [0.29, 0.717) is 40.8 Å². The molecule has 170 valence electrons. The summed E-state index contributed by atoms with van der Waals surface area (Å²) in [5, 5.41) is 3.62. The number of carbonyl (C=O) groups is 2. The molecule has 0 unspecified atom stereocenters. The number of benzene rings is 2. The Hall–Kier alpha value is -2.87. The smallest absolute Gasteiger partial charge is 0.268 e. The molecular formula is C25H24ClN3O3S. The van der Waals surface area contributed by atoms with Crippen molar-refractivity contribution in [1.29, 1.82) is 0 Å². The van der Waals surface area contributed by atoms with E-state index in [-0.39, 0.29) is 11.8 Å². The van der Waals surface area contributed by atoms with E-state index < -0.39 is 0 Å². The third kappa shape index (κ3) is 4.24. The van der Waals surface area contributed by atoms with Crippen LogP contribution >= 0.6 is 22.9 Å². The number of fused-ring (bicyclic) bond motifs is 3. The van der Waals surface area contributed by atoms with E-state index in [1.807, 2.05) is 35.2 Å². The molecule has 33 heavy (non-hydrogen) atoms. The summed E-state index contributed by atoms with van der Waals surface area (Å²) in [7, 11) is 1.71. The van der Waals surface area contributed by atoms with Gasteiger partial charge in [0.15, 0.2) is 0 Å². The highest BCUT2D eigenvalue weighted by atomic mass is 35.5. The van der Waals surface area contributed by atoms with Gasteiger partial charge in [0.1, 0.15) is 5.75 Å². The first-order valence-electron chi connectivity index (χ1n) is 11.0. The summed E-state index contributed by atoms with van der Waals surface area (Å²) in [6.45, 7) is 3.51. The summed E-state index contributed by atoms with van der Waals surface area (Å²) in [5.41, 5.74) is 3.24. The Morgan fingerprint density at radius 1 is 1.12 bits per heavy atom. The molecule has 0 aliphatic carbocycles. The lowest BCUT2D eigenvalue weighted by molar-refractivity contribution is 0.0735. The van der Waals surface area contributed by atoms with Crippen LogP contribution in [0, 0.1) is 0 Å². The Kier molecular flexibility index (Phi) is 6.10. The molecule has 1 fully saturated rings. The number of thiophene rings is 1. The average Bonchev–Trinajstić information content (AvgIpc) is 3.19. The Morgan fingerprint density at radius 3 is 2.70 bits per heavy atom. The lowest BCUT2D eigenvalue weighted by atomic mass is 10.1. The monoisotopic (exact) mass is 481 g/mol. The van der Waals surface area contributed by atoms with Crippen LogP contribution in [0.2, 0.25) is 5.02 Å². The minimum absolute atomic E-state index is 0.0400. The Morgan fingerprint density at radius 2 is 1.91 bits per heavy atom. The van der Waals surface area contributed by atoms with Crippen molar-refractivity contribution in [2.24, 2.45) is 0 Å². The van der Waals surface area contributed by atoms with Crippen molar-refractivity contribution in [2.75, 3.05) is 44.7 Å². The fourth-order valence-corrected chi connectivity index (χ4v) is 5.76. The van der Waals surface area contributed by atoms with Crippen LogP contribution in [-0.4, -0.2) is 56.5 Å². The van der Waals surface area contributed by atoms with Crippen LogP contribution in [0.5, 0.6) is 5.75 Å². The summed E-state index contributed by atoms with van der Waals surface area (Å²) in [6.07, 6.45) is 0.751. The molecule has 1 aromatic heterocycles. The number of nitrogens with zero attached hydrogens (tertiary/aromatic N) is 2. The van der Waals surface area contributed by atoms with E-state index >= 15 is 0 Å². The highest BCUT2D eigenvalue weighted by Gasteiger charge is 2.25. The zero-order chi connectivity index (χ0) is 22.9. The third-order valence-corrected chi connectivity index (χ3v) is 7.55. The number of hydrogen-bond acceptors (Lipinski definition) is 5. The lowest BCUT2D eigenvalue weighted by Crippen LogP contribution is -2.46. The predicted molar refractivity (Wildman–Crippen MR) is 132 cm³/mol. The molecule has 3 aromatic rings. The normalized spacial score (nSPS) is 15.2. The van der Waals surface area contributed by atoms with Crippen LogP contribution in [-0.2, 0) is 6.42 Å². The van der Waals surface area contributed by atoms with Crippen molar-refractivity contribution in [1.82, 2.24) is 10.2 Å². The number of ether oxygens (including phenoxy) is 1. The van der Waals surface area contributed by atoms with Crippen molar-refractivity contribution in [3.05, 3.63) is 69.6 Å². The molecule has 8 heteroatoms. The largest absolute Gasteiger partial charge is 0.493 e. The molecule has 0 atom stereocenters. The molecule has 0 bridgehead atoms. The molecule has 0 saturated carbocycles. The molecular weight excluding hydrogens is 458 g/mol. The maximum atomic E-state index is 13.3. The molecule has 2 amide bonds. The summed E-state index contributed by atoms with van der Waals surface area (Å²) in [5.74, 6) is 0.676. The number of hydrogen-bond donors (Lipinski definition) is 1. The highest BCUT2D eigenvalue weighted by Crippen LogP contribution is 2.41. The van der Waals surface area contributed by atoms with Crippen LogP contribution in [0.15, 0.2) is 48.5 Å². The minimum atomic E-state index is -0.130. The van der Waals surface area contributed by atoms with Gasteiger partial charge in [-0.3, -0.25) is 9.59 Å². The summed E-state index contributed by atoms with van der Waals surface area (Å²) in [4.78, 5) is 31.2. The van der Waals surface area contributed by atoms with Crippen molar-refractivity contribution in [3.8, 4) is 16.2 Å². The van der Waals surface area contributed by atoms with E-state index in [0.717, 1.165) is 41.3 Å². The van der Waals surface area contributed by atoms with Crippen LogP contribution in [0.1, 0.15) is 25.6 Å². The van der Waals surface area contributed by atoms with E-state index in [2.05, 4.69) is 5.32 Å². The van der Waals surface area contributed by atoms with Gasteiger partial charge in [0, 0.05) is 55.7 Å². The fourth-order valence-electron chi connectivity index (χ4n) is 4.24. The summed E-state index contributed by atoms with van der Waals surface area (Å²) >= 11 is 8.01. The zero-order valence-corrected chi connectivity index (χ0v) is 19.8. The number of amides is 2. The quantitative estimate of drug-likeness (QED) is 0.605. The van der Waals surface area contributed by atoms with Gasteiger partial charge in [0.2, 0.25) is 0 Å². The van der Waals surface area contributed by atoms with Gasteiger partial charge in [-0.2, -0.15) is 0 Å². The number of rotatable bonds is 3. The van der Waals surface area contributed by atoms with E-state index in [9.17, 15) is 9.59 Å². The van der Waals surface area contributed by atoms with Gasteiger partial charge >= 0.3 is 0 Å². The van der Waals surface area contributed by atoms with Crippen LogP contribution in [0.4, 0.5) is 5.69 Å². The Balaban J connectivity index is 1.39. The zero-order valence-electron chi connectivity index (χ0n) is 18.3. The number of carbonyl (C=O) groups excluding carboxylic acids is 2. The number of halogens is 1. The van der Waals surface area contributed by atoms with E-state index in [1.165, 1.54) is 11.3 Å². The lowest BCUT2D eigenvalue weighted by Gasteiger charge is -2.27. The van der Waals surface area contributed by atoms with Gasteiger partial charge in [-0.05, 0) is 42.0 Å². The van der Waals surface area contributed by atoms with Gasteiger partial charge in [-0.15, -0.1) is 11.3 Å². The van der Waals surface area contributed by atoms with Crippen LogP contribution < -0.4 is 15.0 Å². The van der Waals surface area contributed by atoms with Crippen molar-refractivity contribution < 1.29 is 14.3 Å². The van der Waals surface area contributed by atoms with E-state index in [4.69, 9.17) is 16.3 Å². The third-order valence-electron chi connectivity index (χ3n) is 6.05. The molecule has 0 spiro atoms. The molecule has 0 radical (unpaired) electrons. The molecule has 5 rings (SSSR count). The summed E-state index contributed by atoms with van der Waals surface area (Å²) < 4.78 is 5.86. The molecule has 6 nitrogen and oxygen atoms in total. The maximum Gasteiger partial charge on any atom is 0.268 e. The summed E-state index contributed by atoms with van der Waals surface area (Å²) in [6, 6.07) is 15.0. The first kappa shape index (κ1) is 21.9.